The lowest BCUT2D eigenvalue weighted by molar-refractivity contribution is -0.272. The van der Waals surface area contributed by atoms with Crippen LogP contribution in [0, 0.1) is 17.6 Å². The molecule has 0 saturated carbocycles. The van der Waals surface area contributed by atoms with Crippen molar-refractivity contribution in [2.45, 2.75) is 56.8 Å². The summed E-state index contributed by atoms with van der Waals surface area (Å²) in [4.78, 5) is 17.0. The largest absolute Gasteiger partial charge is 0.493 e. The summed E-state index contributed by atoms with van der Waals surface area (Å²) < 4.78 is 80.3. The summed E-state index contributed by atoms with van der Waals surface area (Å²) in [7, 11) is 1.04. The van der Waals surface area contributed by atoms with E-state index in [1.165, 1.54) is 26.0 Å². The van der Waals surface area contributed by atoms with Crippen molar-refractivity contribution in [3.8, 4) is 5.75 Å². The molecule has 1 aliphatic heterocycles. The van der Waals surface area contributed by atoms with Gasteiger partial charge in [0.05, 0.1) is 30.8 Å². The molecular formula is C23H25F5N2O5. The van der Waals surface area contributed by atoms with Gasteiger partial charge in [0.1, 0.15) is 12.2 Å². The lowest BCUT2D eigenvalue weighted by Gasteiger charge is -2.32. The van der Waals surface area contributed by atoms with Crippen molar-refractivity contribution >= 4 is 11.6 Å². The number of rotatable bonds is 6. The van der Waals surface area contributed by atoms with Crippen LogP contribution in [0.2, 0.25) is 0 Å². The molecule has 1 fully saturated rings. The molecule has 2 heterocycles. The molecule has 35 heavy (non-hydrogen) atoms. The molecule has 7 nitrogen and oxygen atoms in total. The molecular weight excluding hydrogens is 479 g/mol. The first-order valence-corrected chi connectivity index (χ1v) is 10.6. The van der Waals surface area contributed by atoms with Crippen molar-refractivity contribution in [1.29, 1.82) is 0 Å². The first kappa shape index (κ1) is 26.8. The van der Waals surface area contributed by atoms with E-state index in [4.69, 9.17) is 9.47 Å². The van der Waals surface area contributed by atoms with Crippen LogP contribution in [-0.4, -0.2) is 52.2 Å². The monoisotopic (exact) mass is 504 g/mol. The molecule has 2 aromatic rings. The second kappa shape index (κ2) is 9.67. The molecule has 12 heteroatoms. The Balaban J connectivity index is 1.99. The molecule has 6 atom stereocenters. The third-order valence-electron chi connectivity index (χ3n) is 6.38. The number of aliphatic hydroxyl groups excluding tert-OH is 2. The van der Waals surface area contributed by atoms with E-state index in [0.29, 0.717) is 0 Å². The molecule has 3 rings (SSSR count). The molecule has 4 unspecified atom stereocenters. The predicted molar refractivity (Wildman–Crippen MR) is 114 cm³/mol. The Bertz CT molecular complexity index is 1080. The number of ether oxygens (including phenoxy) is 2. The minimum absolute atomic E-state index is 0.0735. The van der Waals surface area contributed by atoms with E-state index in [0.717, 1.165) is 32.4 Å². The van der Waals surface area contributed by atoms with E-state index in [2.05, 4.69) is 10.3 Å². The second-order valence-corrected chi connectivity index (χ2v) is 8.59. The van der Waals surface area contributed by atoms with Crippen LogP contribution < -0.4 is 10.1 Å². The lowest BCUT2D eigenvalue weighted by Crippen LogP contribution is -2.47. The average molecular weight is 504 g/mol. The molecule has 192 valence electrons. The maximum absolute atomic E-state index is 14.4. The van der Waals surface area contributed by atoms with Crippen LogP contribution >= 0.6 is 0 Å². The highest BCUT2D eigenvalue weighted by Gasteiger charge is 2.65. The highest BCUT2D eigenvalue weighted by Crippen LogP contribution is 2.55. The summed E-state index contributed by atoms with van der Waals surface area (Å²) in [6.45, 7) is 3.35. The van der Waals surface area contributed by atoms with Gasteiger partial charge in [-0.1, -0.05) is 13.0 Å². The van der Waals surface area contributed by atoms with Crippen LogP contribution in [0.1, 0.15) is 44.1 Å². The molecule has 1 aromatic carbocycles. The SMILES string of the molecule is COc1c(C2C(C(=O)Nc3ccc([C@@H](O)[C@@H](C)O)nc3)OC(C)(C(F)(F)F)C2C)ccc(F)c1F. The summed E-state index contributed by atoms with van der Waals surface area (Å²) in [6, 6.07) is 4.47. The lowest BCUT2D eigenvalue weighted by atomic mass is 9.77. The fourth-order valence-electron chi connectivity index (χ4n) is 4.15. The minimum atomic E-state index is -4.88. The highest BCUT2D eigenvalue weighted by atomic mass is 19.4. The first-order chi connectivity index (χ1) is 16.2. The zero-order valence-electron chi connectivity index (χ0n) is 19.2. The number of carbonyl (C=O) groups is 1. The second-order valence-electron chi connectivity index (χ2n) is 8.59. The van der Waals surface area contributed by atoms with Crippen molar-refractivity contribution in [3.63, 3.8) is 0 Å². The summed E-state index contributed by atoms with van der Waals surface area (Å²) in [6.07, 6.45) is -7.88. The van der Waals surface area contributed by atoms with Crippen LogP contribution in [0.5, 0.6) is 5.75 Å². The number of aliphatic hydroxyl groups is 2. The van der Waals surface area contributed by atoms with E-state index >= 15 is 0 Å². The summed E-state index contributed by atoms with van der Waals surface area (Å²) in [5.41, 5.74) is -2.75. The number of hydrogen-bond acceptors (Lipinski definition) is 6. The molecule has 1 saturated heterocycles. The van der Waals surface area contributed by atoms with Gasteiger partial charge in [-0.25, -0.2) is 4.39 Å². The number of pyridine rings is 1. The molecule has 1 amide bonds. The molecule has 3 N–H and O–H groups in total. The van der Waals surface area contributed by atoms with E-state index in [1.54, 1.807) is 0 Å². The normalized spacial score (nSPS) is 26.3. The Morgan fingerprint density at radius 1 is 1.23 bits per heavy atom. The number of amides is 1. The summed E-state index contributed by atoms with van der Waals surface area (Å²) in [5.74, 6) is -6.99. The fourth-order valence-corrected chi connectivity index (χ4v) is 4.15. The molecule has 1 aromatic heterocycles. The van der Waals surface area contributed by atoms with Crippen molar-refractivity contribution < 1.29 is 46.4 Å². The van der Waals surface area contributed by atoms with Crippen LogP contribution in [0.3, 0.4) is 0 Å². The van der Waals surface area contributed by atoms with Gasteiger partial charge in [0.15, 0.2) is 17.2 Å². The van der Waals surface area contributed by atoms with Gasteiger partial charge in [0.2, 0.25) is 5.82 Å². The fraction of sp³-hybridized carbons (Fsp3) is 0.478. The molecule has 1 aliphatic rings. The average Bonchev–Trinajstić information content (AvgIpc) is 3.07. The number of halogens is 5. The number of alkyl halides is 3. The van der Waals surface area contributed by atoms with Gasteiger partial charge in [-0.15, -0.1) is 0 Å². The zero-order valence-corrected chi connectivity index (χ0v) is 19.2. The first-order valence-electron chi connectivity index (χ1n) is 10.6. The molecule has 0 aliphatic carbocycles. The van der Waals surface area contributed by atoms with Crippen molar-refractivity contribution in [3.05, 3.63) is 53.4 Å². The smallest absolute Gasteiger partial charge is 0.417 e. The van der Waals surface area contributed by atoms with E-state index in [1.807, 2.05) is 0 Å². The van der Waals surface area contributed by atoms with Gasteiger partial charge in [0, 0.05) is 17.4 Å². The van der Waals surface area contributed by atoms with Crippen LogP contribution in [0.4, 0.5) is 27.6 Å². The van der Waals surface area contributed by atoms with Gasteiger partial charge >= 0.3 is 6.18 Å². The molecule has 0 spiro atoms. The van der Waals surface area contributed by atoms with E-state index < -0.39 is 65.2 Å². The topological polar surface area (TPSA) is 101 Å². The van der Waals surface area contributed by atoms with Crippen LogP contribution in [0.15, 0.2) is 30.5 Å². The number of nitrogens with zero attached hydrogens (tertiary/aromatic N) is 1. The van der Waals surface area contributed by atoms with Gasteiger partial charge in [0.25, 0.3) is 5.91 Å². The zero-order chi connectivity index (χ0) is 26.3. The minimum Gasteiger partial charge on any atom is -0.493 e. The maximum atomic E-state index is 14.4. The van der Waals surface area contributed by atoms with Gasteiger partial charge in [-0.3, -0.25) is 9.78 Å². The Morgan fingerprint density at radius 3 is 2.40 bits per heavy atom. The number of aromatic nitrogens is 1. The standard InChI is InChI=1S/C23H25F5N2O5/c1-10-16(13-6-7-14(24)17(25)19(13)34-4)20(35-22(10,3)23(26,27)28)21(33)30-12-5-8-15(29-9-12)18(32)11(2)31/h5-11,16,18,20,31-32H,1-4H3,(H,30,33)/t10?,11-,16?,18+,20?,22?/m1/s1. The number of hydrogen-bond donors (Lipinski definition) is 3. The Labute approximate surface area is 197 Å². The van der Waals surface area contributed by atoms with Gasteiger partial charge in [-0.05, 0) is 32.0 Å². The number of methoxy groups -OCH3 is 1. The summed E-state index contributed by atoms with van der Waals surface area (Å²) >= 11 is 0. The van der Waals surface area contributed by atoms with Crippen LogP contribution in [-0.2, 0) is 9.53 Å². The predicted octanol–water partition coefficient (Wildman–Crippen LogP) is 3.86. The maximum Gasteiger partial charge on any atom is 0.417 e. The third-order valence-corrected chi connectivity index (χ3v) is 6.38. The third kappa shape index (κ3) is 4.82. The van der Waals surface area contributed by atoms with E-state index in [9.17, 15) is 37.0 Å². The quantitative estimate of drug-likeness (QED) is 0.517. The number of nitrogens with one attached hydrogen (secondary N) is 1. The Morgan fingerprint density at radius 2 is 1.89 bits per heavy atom. The number of benzene rings is 1. The van der Waals surface area contributed by atoms with Crippen molar-refractivity contribution in [2.24, 2.45) is 5.92 Å². The van der Waals surface area contributed by atoms with Gasteiger partial charge < -0.3 is 25.0 Å². The molecule has 0 radical (unpaired) electrons. The highest BCUT2D eigenvalue weighted by molar-refractivity contribution is 5.95. The van der Waals surface area contributed by atoms with Crippen LogP contribution in [0.25, 0.3) is 0 Å². The molecule has 0 bridgehead atoms. The number of anilines is 1. The van der Waals surface area contributed by atoms with Crippen molar-refractivity contribution in [2.75, 3.05) is 12.4 Å². The van der Waals surface area contributed by atoms with Gasteiger partial charge in [-0.2, -0.15) is 17.6 Å². The summed E-state index contributed by atoms with van der Waals surface area (Å²) in [5, 5.41) is 21.7. The van der Waals surface area contributed by atoms with E-state index in [-0.39, 0.29) is 16.9 Å². The Hall–Kier alpha value is -2.83. The Kier molecular flexibility index (Phi) is 7.39. The number of carbonyl (C=O) groups excluding carboxylic acids is 1. The van der Waals surface area contributed by atoms with Crippen molar-refractivity contribution in [1.82, 2.24) is 4.98 Å².